The monoisotopic (exact) mass is 610 g/mol. The molecule has 0 aliphatic heterocycles. The second kappa shape index (κ2) is 10.3. The average molecular weight is 609 g/mol. The van der Waals surface area contributed by atoms with Crippen LogP contribution in [0, 0.1) is 23.8 Å². The molecule has 1 N–H and O–H groups in total. The van der Waals surface area contributed by atoms with Crippen LogP contribution >= 0.6 is 0 Å². The maximum atomic E-state index is 13.1. The number of hydrogen-bond acceptors (Lipinski definition) is 4. The van der Waals surface area contributed by atoms with Crippen LogP contribution in [0.5, 0.6) is 0 Å². The van der Waals surface area contributed by atoms with Crippen LogP contribution in [0.1, 0.15) is 0 Å². The number of carbonyl (C=O) groups is 1. The zero-order valence-electron chi connectivity index (χ0n) is 13.4. The van der Waals surface area contributed by atoms with Gasteiger partial charge in [0, 0.05) is 32.4 Å². The number of alkyl halides is 6. The minimum atomic E-state index is -5.42. The molecule has 2 rings (SSSR count). The van der Waals surface area contributed by atoms with E-state index in [4.69, 9.17) is 5.11 Å². The van der Waals surface area contributed by atoms with Gasteiger partial charge in [-0.3, -0.25) is 9.78 Å². The van der Waals surface area contributed by atoms with Gasteiger partial charge in [0.15, 0.2) is 0 Å². The molecule has 0 aliphatic carbocycles. The zero-order valence-corrected chi connectivity index (χ0v) is 15.8. The average Bonchev–Trinajstić information content (AvgIpc) is 2.53. The summed E-state index contributed by atoms with van der Waals surface area (Å²) in [5.74, 6) is -7.94. The normalized spacial score (nSPS) is 11.8. The molecule has 14 heteroatoms. The first-order valence-electron chi connectivity index (χ1n) is 6.66. The molecular formula is C15H6F9IrN2O2-. The molecule has 0 aromatic carbocycles. The number of aromatic nitrogens is 2. The first-order valence-corrected chi connectivity index (χ1v) is 6.66. The summed E-state index contributed by atoms with van der Waals surface area (Å²) in [5, 5.41) is 7.93. The standard InChI is InChI=1S/C10H4F3N2.C5H2F6O2.Ir/c11-6-3-4-14-8(5-6)7-1-2-9(12)15-10(7)13;6-4(7,8)2(12)1-3(13)5(9,10)11;/h2-5H;1,12H;/q-1;;/b;2-1-;. The van der Waals surface area contributed by atoms with Crippen molar-refractivity contribution >= 4 is 5.78 Å². The Morgan fingerprint density at radius 2 is 1.66 bits per heavy atom. The molecule has 1 radical (unpaired) electrons. The number of halogens is 9. The number of hydrogen-bond donors (Lipinski definition) is 1. The Bertz CT molecular complexity index is 883. The number of aliphatic hydroxyl groups excluding tert-OH is 1. The Balaban J connectivity index is 0.000000530. The molecule has 0 aliphatic rings. The number of pyridine rings is 2. The van der Waals surface area contributed by atoms with E-state index in [9.17, 15) is 44.3 Å². The molecule has 0 amide bonds. The third-order valence-electron chi connectivity index (χ3n) is 2.56. The molecule has 29 heavy (non-hydrogen) atoms. The molecule has 0 unspecified atom stereocenters. The van der Waals surface area contributed by atoms with Crippen molar-refractivity contribution in [2.75, 3.05) is 0 Å². The topological polar surface area (TPSA) is 63.1 Å². The number of carbonyl (C=O) groups excluding carboxylic acids is 1. The Kier molecular flexibility index (Phi) is 9.47. The fourth-order valence-electron chi connectivity index (χ4n) is 1.38. The quantitative estimate of drug-likeness (QED) is 0.180. The second-order valence-corrected chi connectivity index (χ2v) is 4.64. The molecule has 2 aromatic rings. The van der Waals surface area contributed by atoms with Gasteiger partial charge in [-0.1, -0.05) is 11.6 Å². The van der Waals surface area contributed by atoms with Gasteiger partial charge in [-0.25, -0.2) is 13.2 Å². The SMILES string of the molecule is Fc1ccnc(-c2[c-]cc(F)nc2F)c1.O=C(/C=C(\O)C(F)(F)F)C(F)(F)F.[Ir]. The van der Waals surface area contributed by atoms with Crippen molar-refractivity contribution < 1.29 is 69.5 Å². The summed E-state index contributed by atoms with van der Waals surface area (Å²) in [6.45, 7) is 0. The number of ketones is 1. The van der Waals surface area contributed by atoms with E-state index in [-0.39, 0.29) is 31.4 Å². The maximum Gasteiger partial charge on any atom is 0.454 e. The van der Waals surface area contributed by atoms with Crippen LogP contribution in [0.25, 0.3) is 11.3 Å². The van der Waals surface area contributed by atoms with E-state index >= 15 is 0 Å². The van der Waals surface area contributed by atoms with E-state index in [2.05, 4.69) is 16.0 Å². The number of nitrogens with zero attached hydrogens (tertiary/aromatic N) is 2. The third-order valence-corrected chi connectivity index (χ3v) is 2.56. The van der Waals surface area contributed by atoms with Crippen LogP contribution < -0.4 is 0 Å². The minimum Gasteiger partial charge on any atom is -0.504 e. The van der Waals surface area contributed by atoms with E-state index in [0.29, 0.717) is 0 Å². The molecule has 2 heterocycles. The van der Waals surface area contributed by atoms with Crippen LogP contribution in [0.15, 0.2) is 36.2 Å². The number of rotatable bonds is 2. The summed E-state index contributed by atoms with van der Waals surface area (Å²) in [6.07, 6.45) is -10.5. The number of aliphatic hydroxyl groups is 1. The van der Waals surface area contributed by atoms with E-state index in [0.717, 1.165) is 18.2 Å². The van der Waals surface area contributed by atoms with Gasteiger partial charge in [0.05, 0.1) is 0 Å². The van der Waals surface area contributed by atoms with Crippen LogP contribution in [0.3, 0.4) is 0 Å². The van der Waals surface area contributed by atoms with E-state index in [1.807, 2.05) is 0 Å². The van der Waals surface area contributed by atoms with Gasteiger partial charge in [-0.2, -0.15) is 26.3 Å². The van der Waals surface area contributed by atoms with Crippen molar-refractivity contribution in [3.63, 3.8) is 0 Å². The fourth-order valence-corrected chi connectivity index (χ4v) is 1.38. The van der Waals surface area contributed by atoms with E-state index < -0.39 is 47.7 Å². The van der Waals surface area contributed by atoms with Gasteiger partial charge in [0.2, 0.25) is 5.76 Å². The Labute approximate surface area is 169 Å². The molecular weight excluding hydrogens is 603 g/mol. The van der Waals surface area contributed by atoms with Gasteiger partial charge >= 0.3 is 12.4 Å². The molecule has 0 fully saturated rings. The Morgan fingerprint density at radius 1 is 1.07 bits per heavy atom. The van der Waals surface area contributed by atoms with Crippen LogP contribution in [-0.4, -0.2) is 33.2 Å². The number of allylic oxidation sites excluding steroid dienone is 2. The largest absolute Gasteiger partial charge is 0.504 e. The summed E-state index contributed by atoms with van der Waals surface area (Å²) in [5.41, 5.74) is -0.129. The van der Waals surface area contributed by atoms with Gasteiger partial charge in [0.25, 0.3) is 5.78 Å². The summed E-state index contributed by atoms with van der Waals surface area (Å²) in [6, 6.07) is 5.32. The predicted octanol–water partition coefficient (Wildman–Crippen LogP) is 4.48. The first-order chi connectivity index (χ1) is 12.7. The zero-order chi connectivity index (χ0) is 21.7. The van der Waals surface area contributed by atoms with Crippen molar-refractivity contribution in [3.05, 3.63) is 60.0 Å². The van der Waals surface area contributed by atoms with Crippen molar-refractivity contribution in [2.45, 2.75) is 12.4 Å². The van der Waals surface area contributed by atoms with Crippen LogP contribution in [0.4, 0.5) is 39.5 Å². The van der Waals surface area contributed by atoms with Gasteiger partial charge in [-0.05, 0) is 17.8 Å². The molecule has 0 spiro atoms. The summed E-state index contributed by atoms with van der Waals surface area (Å²) < 4.78 is 106. The van der Waals surface area contributed by atoms with Gasteiger partial charge < -0.3 is 10.1 Å². The molecule has 0 saturated heterocycles. The summed E-state index contributed by atoms with van der Waals surface area (Å²) >= 11 is 0. The predicted molar refractivity (Wildman–Crippen MR) is 74.0 cm³/mol. The Hall–Kier alpha value is -2.47. The summed E-state index contributed by atoms with van der Waals surface area (Å²) in [4.78, 5) is 16.5. The second-order valence-electron chi connectivity index (χ2n) is 4.64. The molecule has 4 nitrogen and oxygen atoms in total. The van der Waals surface area contributed by atoms with E-state index in [1.54, 1.807) is 0 Å². The van der Waals surface area contributed by atoms with Crippen molar-refractivity contribution in [2.24, 2.45) is 0 Å². The minimum absolute atomic E-state index is 0. The summed E-state index contributed by atoms with van der Waals surface area (Å²) in [7, 11) is 0. The Morgan fingerprint density at radius 3 is 2.10 bits per heavy atom. The van der Waals surface area contributed by atoms with Crippen molar-refractivity contribution in [3.8, 4) is 11.3 Å². The first kappa shape index (κ1) is 26.5. The van der Waals surface area contributed by atoms with Crippen LogP contribution in [0.2, 0.25) is 0 Å². The molecule has 161 valence electrons. The third kappa shape index (κ3) is 8.60. The molecule has 0 saturated carbocycles. The van der Waals surface area contributed by atoms with Crippen molar-refractivity contribution in [1.29, 1.82) is 0 Å². The van der Waals surface area contributed by atoms with Gasteiger partial charge in [0.1, 0.15) is 17.7 Å². The van der Waals surface area contributed by atoms with Crippen LogP contribution in [-0.2, 0) is 24.9 Å². The molecule has 2 aromatic heterocycles. The van der Waals surface area contributed by atoms with Gasteiger partial charge in [-0.15, -0.1) is 6.07 Å². The molecule has 0 atom stereocenters. The van der Waals surface area contributed by atoms with Crippen molar-refractivity contribution in [1.82, 2.24) is 9.97 Å². The molecule has 0 bridgehead atoms. The smallest absolute Gasteiger partial charge is 0.454 e. The van der Waals surface area contributed by atoms with E-state index in [1.165, 1.54) is 6.20 Å². The maximum absolute atomic E-state index is 13.1. The fraction of sp³-hybridized carbons (Fsp3) is 0.133.